The Hall–Kier alpha value is -15.9. The number of fused-ring (bicyclic) bond motifs is 12. The average Bonchev–Trinajstić information content (AvgIpc) is 1.57. The highest BCUT2D eigenvalue weighted by molar-refractivity contribution is 6.22. The minimum absolute atomic E-state index is 0.577. The molecule has 118 heavy (non-hydrogen) atoms. The van der Waals surface area contributed by atoms with E-state index in [-0.39, 0.29) is 0 Å². The number of hydrogen-bond donors (Lipinski definition) is 0. The standard InChI is InChI=1S/C110H66N6O2/c1-3-24-71(25-4-1)105-111-107(73-54-47-68(48-55-73)77-60-49-67-23-7-8-28-76(67)63-77)114-108(112-105)74-58-52-70(53-59-74)97-65-79(66-101-103(97)95-37-17-18-45-99(95)117-101)82-31-11-12-33-84(82)87-41-20-39-85-80(38-19-40-88(85)87)69-50-56-75(57-51-69)109-113-106(72-26-5-2-6-27-72)115-110(116-109)94-62-61-91(86-34-14-15-35-89(86)94)92-42-22-46-100-102(92)96-44-21-43-93(104(96)118-100)98-64-78-29-9-10-30-81(78)83-32-13-16-36-90(83)98/h1-66H. The predicted octanol–water partition coefficient (Wildman–Crippen LogP) is 29.3. The molecular formula is C110H66N6O2. The van der Waals surface area contributed by atoms with E-state index < -0.39 is 0 Å². The summed E-state index contributed by atoms with van der Waals surface area (Å²) >= 11 is 0. The second-order valence-electron chi connectivity index (χ2n) is 30.2. The van der Waals surface area contributed by atoms with Gasteiger partial charge in [-0.05, 0) is 169 Å². The van der Waals surface area contributed by atoms with Crippen LogP contribution in [0, 0.1) is 0 Å². The molecule has 0 fully saturated rings. The van der Waals surface area contributed by atoms with Gasteiger partial charge in [0.2, 0.25) is 0 Å². The molecule has 0 atom stereocenters. The van der Waals surface area contributed by atoms with Gasteiger partial charge in [0.1, 0.15) is 22.3 Å². The maximum absolute atomic E-state index is 7.00. The van der Waals surface area contributed by atoms with Crippen molar-refractivity contribution in [1.29, 1.82) is 0 Å². The van der Waals surface area contributed by atoms with E-state index in [0.717, 1.165) is 177 Å². The molecule has 8 heteroatoms. The molecule has 548 valence electrons. The van der Waals surface area contributed by atoms with Gasteiger partial charge in [-0.3, -0.25) is 0 Å². The number of rotatable bonds is 13. The molecule has 0 aliphatic carbocycles. The van der Waals surface area contributed by atoms with Crippen LogP contribution in [0.3, 0.4) is 0 Å². The van der Waals surface area contributed by atoms with Crippen molar-refractivity contribution in [1.82, 2.24) is 29.9 Å². The van der Waals surface area contributed by atoms with Crippen molar-refractivity contribution in [3.63, 3.8) is 0 Å². The fraction of sp³-hybridized carbons (Fsp3) is 0. The highest BCUT2D eigenvalue weighted by Crippen LogP contribution is 2.49. The van der Waals surface area contributed by atoms with Crippen LogP contribution in [-0.2, 0) is 0 Å². The van der Waals surface area contributed by atoms with Crippen LogP contribution in [0.25, 0.3) is 244 Å². The Kier molecular flexibility index (Phi) is 16.1. The highest BCUT2D eigenvalue weighted by atomic mass is 16.3. The third-order valence-electron chi connectivity index (χ3n) is 23.4. The maximum Gasteiger partial charge on any atom is 0.164 e. The van der Waals surface area contributed by atoms with E-state index in [1.807, 2.05) is 54.6 Å². The van der Waals surface area contributed by atoms with Crippen molar-refractivity contribution in [3.05, 3.63) is 400 Å². The van der Waals surface area contributed by atoms with Crippen LogP contribution >= 0.6 is 0 Å². The molecule has 0 spiro atoms. The molecule has 23 aromatic rings. The third-order valence-corrected chi connectivity index (χ3v) is 23.4. The van der Waals surface area contributed by atoms with Crippen LogP contribution in [0.2, 0.25) is 0 Å². The van der Waals surface area contributed by atoms with Crippen molar-refractivity contribution < 1.29 is 8.83 Å². The van der Waals surface area contributed by atoms with Crippen LogP contribution in [0.4, 0.5) is 0 Å². The predicted molar refractivity (Wildman–Crippen MR) is 486 cm³/mol. The molecule has 0 amide bonds. The van der Waals surface area contributed by atoms with E-state index in [9.17, 15) is 0 Å². The van der Waals surface area contributed by atoms with Crippen molar-refractivity contribution in [2.75, 3.05) is 0 Å². The minimum Gasteiger partial charge on any atom is -0.456 e. The van der Waals surface area contributed by atoms with Crippen molar-refractivity contribution in [2.45, 2.75) is 0 Å². The van der Waals surface area contributed by atoms with E-state index in [1.54, 1.807) is 0 Å². The molecule has 0 radical (unpaired) electrons. The van der Waals surface area contributed by atoms with Gasteiger partial charge in [-0.15, -0.1) is 0 Å². The molecule has 0 saturated heterocycles. The fourth-order valence-electron chi connectivity index (χ4n) is 17.8. The molecule has 0 aliphatic rings. The summed E-state index contributed by atoms with van der Waals surface area (Å²) in [6.45, 7) is 0. The molecule has 0 aliphatic heterocycles. The molecule has 4 heterocycles. The lowest BCUT2D eigenvalue weighted by Crippen LogP contribution is -2.01. The maximum atomic E-state index is 7.00. The lowest BCUT2D eigenvalue weighted by molar-refractivity contribution is 0.669. The molecule has 4 aromatic heterocycles. The largest absolute Gasteiger partial charge is 0.456 e. The van der Waals surface area contributed by atoms with Crippen molar-refractivity contribution >= 4 is 97.7 Å². The summed E-state index contributed by atoms with van der Waals surface area (Å²) < 4.78 is 13.8. The quantitative estimate of drug-likeness (QED) is 0.105. The Bertz CT molecular complexity index is 7970. The average molecular weight is 1500 g/mol. The summed E-state index contributed by atoms with van der Waals surface area (Å²) in [5.74, 6) is 3.54. The lowest BCUT2D eigenvalue weighted by atomic mass is 9.87. The van der Waals surface area contributed by atoms with Gasteiger partial charge in [0.15, 0.2) is 34.9 Å². The number of aromatic nitrogens is 6. The summed E-state index contributed by atoms with van der Waals surface area (Å²) in [7, 11) is 0. The second kappa shape index (κ2) is 28.0. The van der Waals surface area contributed by atoms with E-state index in [2.05, 4.69) is 346 Å². The van der Waals surface area contributed by atoms with E-state index in [1.165, 1.54) is 32.3 Å². The number of nitrogens with zero attached hydrogens (tertiary/aromatic N) is 6. The van der Waals surface area contributed by atoms with Crippen LogP contribution in [0.1, 0.15) is 0 Å². The van der Waals surface area contributed by atoms with Gasteiger partial charge in [0, 0.05) is 60.5 Å². The summed E-state index contributed by atoms with van der Waals surface area (Å²) in [4.78, 5) is 31.4. The Morgan fingerprint density at radius 2 is 0.542 bits per heavy atom. The second-order valence-corrected chi connectivity index (χ2v) is 30.2. The Morgan fingerprint density at radius 1 is 0.144 bits per heavy atom. The zero-order valence-corrected chi connectivity index (χ0v) is 63.6. The van der Waals surface area contributed by atoms with Gasteiger partial charge in [0.05, 0.1) is 0 Å². The van der Waals surface area contributed by atoms with Crippen LogP contribution in [0.15, 0.2) is 409 Å². The summed E-state index contributed by atoms with van der Waals surface area (Å²) in [6, 6.07) is 142. The molecule has 0 N–H and O–H groups in total. The highest BCUT2D eigenvalue weighted by Gasteiger charge is 2.25. The zero-order chi connectivity index (χ0) is 77.7. The Morgan fingerprint density at radius 3 is 1.19 bits per heavy atom. The first-order valence-corrected chi connectivity index (χ1v) is 39.9. The van der Waals surface area contributed by atoms with E-state index in [4.69, 9.17) is 38.7 Å². The van der Waals surface area contributed by atoms with E-state index >= 15 is 0 Å². The Labute approximate surface area is 678 Å². The SMILES string of the molecule is c1ccc(-c2nc(-c3ccc(-c4ccc5ccccc5c4)cc3)nc(-c3ccc(-c4cc(-c5ccccc5-c5cccc6c(-c7ccc(-c8nc(-c9ccccc9)nc(-c9ccc(-c%10cccc%11oc%12c(-c%13cc%14ccccc%14c%14ccccc%13%14)cccc%12c%10%11)c%10ccccc9%10)n8)cc7)cccc56)cc5oc6ccccc6c45)cc3)n2)cc1. The molecule has 0 unspecified atom stereocenters. The summed E-state index contributed by atoms with van der Waals surface area (Å²) in [5, 5.41) is 15.9. The van der Waals surface area contributed by atoms with Crippen LogP contribution in [-0.4, -0.2) is 29.9 Å². The first-order chi connectivity index (χ1) is 58.5. The number of para-hydroxylation sites is 2. The van der Waals surface area contributed by atoms with Gasteiger partial charge in [-0.2, -0.15) is 0 Å². The van der Waals surface area contributed by atoms with Gasteiger partial charge in [0.25, 0.3) is 0 Å². The van der Waals surface area contributed by atoms with Crippen molar-refractivity contribution in [3.8, 4) is 146 Å². The van der Waals surface area contributed by atoms with Gasteiger partial charge < -0.3 is 8.83 Å². The van der Waals surface area contributed by atoms with Gasteiger partial charge in [-0.1, -0.05) is 358 Å². The first-order valence-electron chi connectivity index (χ1n) is 39.9. The minimum atomic E-state index is 0.577. The normalized spacial score (nSPS) is 11.7. The topological polar surface area (TPSA) is 104 Å². The zero-order valence-electron chi connectivity index (χ0n) is 63.6. The number of furan rings is 2. The van der Waals surface area contributed by atoms with Crippen LogP contribution in [0.5, 0.6) is 0 Å². The molecule has 0 saturated carbocycles. The van der Waals surface area contributed by atoms with Crippen LogP contribution < -0.4 is 0 Å². The third kappa shape index (κ3) is 11.7. The lowest BCUT2D eigenvalue weighted by Gasteiger charge is -2.16. The fourth-order valence-corrected chi connectivity index (χ4v) is 17.8. The van der Waals surface area contributed by atoms with Crippen molar-refractivity contribution in [2.24, 2.45) is 0 Å². The van der Waals surface area contributed by atoms with Gasteiger partial charge in [-0.25, -0.2) is 29.9 Å². The summed E-state index contributed by atoms with van der Waals surface area (Å²) in [5.41, 5.74) is 23.9. The number of hydrogen-bond acceptors (Lipinski definition) is 8. The van der Waals surface area contributed by atoms with Gasteiger partial charge >= 0.3 is 0 Å². The molecule has 23 rings (SSSR count). The number of benzene rings is 19. The molecular weight excluding hydrogens is 1440 g/mol. The molecule has 19 aromatic carbocycles. The molecule has 0 bridgehead atoms. The van der Waals surface area contributed by atoms with E-state index in [0.29, 0.717) is 34.9 Å². The summed E-state index contributed by atoms with van der Waals surface area (Å²) in [6.07, 6.45) is 0. The molecule has 8 nitrogen and oxygen atoms in total. The Balaban J connectivity index is 0.577. The monoisotopic (exact) mass is 1500 g/mol. The first kappa shape index (κ1) is 67.8. The smallest absolute Gasteiger partial charge is 0.164 e.